The summed E-state index contributed by atoms with van der Waals surface area (Å²) in [6.45, 7) is 1.89. The first-order valence-electron chi connectivity index (χ1n) is 11.7. The van der Waals surface area contributed by atoms with Gasteiger partial charge in [-0.1, -0.05) is 54.1 Å². The number of hydrogen-bond acceptors (Lipinski definition) is 6. The maximum absolute atomic E-state index is 13.8. The van der Waals surface area contributed by atoms with Crippen LogP contribution in [-0.2, 0) is 20.6 Å². The molecule has 3 aromatic rings. The molecule has 0 saturated carbocycles. The number of nitrogens with zero attached hydrogens (tertiary/aromatic N) is 1. The predicted molar refractivity (Wildman–Crippen MR) is 138 cm³/mol. The van der Waals surface area contributed by atoms with Gasteiger partial charge in [0.15, 0.2) is 11.5 Å². The molecule has 2 aliphatic rings. The molecule has 9 heteroatoms. The molecule has 3 aromatic carbocycles. The molecule has 0 spiro atoms. The number of piperidine rings is 1. The Kier molecular flexibility index (Phi) is 6.96. The minimum atomic E-state index is -3.96. The van der Waals surface area contributed by atoms with E-state index in [0.717, 1.165) is 16.7 Å². The van der Waals surface area contributed by atoms with Crippen LogP contribution in [0.25, 0.3) is 0 Å². The summed E-state index contributed by atoms with van der Waals surface area (Å²) in [4.78, 5) is 12.5. The number of carboxylic acids is 1. The highest BCUT2D eigenvalue weighted by Gasteiger charge is 2.45. The lowest BCUT2D eigenvalue weighted by Gasteiger charge is -2.41. The molecule has 0 bridgehead atoms. The topological polar surface area (TPSA) is 93.1 Å². The largest absolute Gasteiger partial charge is 0.481 e. The number of sulfonamides is 1. The van der Waals surface area contributed by atoms with Gasteiger partial charge in [-0.25, -0.2) is 8.42 Å². The van der Waals surface area contributed by atoms with Gasteiger partial charge in [0.1, 0.15) is 0 Å². The Hall–Kier alpha value is -3.01. The second kappa shape index (κ2) is 10.2. The van der Waals surface area contributed by atoms with Crippen molar-refractivity contribution in [1.82, 2.24) is 4.31 Å². The van der Waals surface area contributed by atoms with E-state index in [0.29, 0.717) is 23.7 Å². The summed E-state index contributed by atoms with van der Waals surface area (Å²) in [5, 5.41) is 9.83. The third kappa shape index (κ3) is 4.96. The molecule has 0 unspecified atom stereocenters. The van der Waals surface area contributed by atoms with Crippen LogP contribution in [0.4, 0.5) is 0 Å². The van der Waals surface area contributed by atoms with Crippen LogP contribution in [0.2, 0.25) is 0 Å². The predicted octanol–water partition coefficient (Wildman–Crippen LogP) is 4.86. The van der Waals surface area contributed by atoms with E-state index in [1.54, 1.807) is 42.1 Å². The highest BCUT2D eigenvalue weighted by molar-refractivity contribution is 7.99. The average molecular weight is 526 g/mol. The Balaban J connectivity index is 1.52. The minimum Gasteiger partial charge on any atom is -0.481 e. The normalized spacial score (nSPS) is 21.9. The van der Waals surface area contributed by atoms with Crippen LogP contribution < -0.4 is 9.47 Å². The number of rotatable bonds is 7. The fourth-order valence-corrected chi connectivity index (χ4v) is 7.68. The second-order valence-electron chi connectivity index (χ2n) is 9.03. The molecule has 188 valence electrons. The zero-order valence-electron chi connectivity index (χ0n) is 19.7. The molecule has 0 amide bonds. The molecule has 1 saturated heterocycles. The Labute approximate surface area is 215 Å². The molecule has 2 heterocycles. The van der Waals surface area contributed by atoms with Crippen LogP contribution >= 0.6 is 11.8 Å². The summed E-state index contributed by atoms with van der Waals surface area (Å²) in [6, 6.07) is 21.4. The van der Waals surface area contributed by atoms with Crippen molar-refractivity contribution in [3.05, 3.63) is 89.5 Å². The number of thioether (sulfide) groups is 1. The highest BCUT2D eigenvalue weighted by atomic mass is 32.2. The molecule has 3 atom stereocenters. The van der Waals surface area contributed by atoms with Gasteiger partial charge in [-0.15, -0.1) is 0 Å². The Bertz CT molecular complexity index is 1340. The third-order valence-electron chi connectivity index (χ3n) is 6.66. The maximum atomic E-state index is 13.8. The molecular formula is C27H27NO6S2. The molecule has 1 fully saturated rings. The van der Waals surface area contributed by atoms with Crippen molar-refractivity contribution in [2.75, 3.05) is 13.3 Å². The first-order valence-corrected chi connectivity index (χ1v) is 14.2. The van der Waals surface area contributed by atoms with E-state index in [9.17, 15) is 18.3 Å². The lowest BCUT2D eigenvalue weighted by Crippen LogP contribution is -2.49. The van der Waals surface area contributed by atoms with Crippen molar-refractivity contribution in [2.45, 2.75) is 35.3 Å². The molecule has 7 nitrogen and oxygen atoms in total. The molecule has 0 radical (unpaired) electrons. The number of benzene rings is 3. The van der Waals surface area contributed by atoms with Crippen molar-refractivity contribution in [1.29, 1.82) is 0 Å². The lowest BCUT2D eigenvalue weighted by atomic mass is 9.90. The first-order chi connectivity index (χ1) is 17.3. The molecular weight excluding hydrogens is 498 g/mol. The van der Waals surface area contributed by atoms with E-state index in [4.69, 9.17) is 9.47 Å². The minimum absolute atomic E-state index is 0.114. The van der Waals surface area contributed by atoms with Crippen molar-refractivity contribution in [2.24, 2.45) is 5.92 Å². The number of ether oxygens (including phenoxy) is 2. The van der Waals surface area contributed by atoms with E-state index < -0.39 is 28.0 Å². The summed E-state index contributed by atoms with van der Waals surface area (Å²) < 4.78 is 40.0. The molecule has 1 N–H and O–H groups in total. The molecule has 5 rings (SSSR count). The zero-order chi connectivity index (χ0) is 25.3. The summed E-state index contributed by atoms with van der Waals surface area (Å²) in [5.41, 5.74) is 2.80. The number of aliphatic carboxylic acids is 1. The van der Waals surface area contributed by atoms with Gasteiger partial charge in [-0.2, -0.15) is 16.1 Å². The van der Waals surface area contributed by atoms with E-state index in [1.165, 1.54) is 4.31 Å². The van der Waals surface area contributed by atoms with Crippen molar-refractivity contribution in [3.8, 4) is 11.5 Å². The van der Waals surface area contributed by atoms with Gasteiger partial charge in [0.2, 0.25) is 16.8 Å². The zero-order valence-corrected chi connectivity index (χ0v) is 21.4. The average Bonchev–Trinajstić information content (AvgIpc) is 3.36. The summed E-state index contributed by atoms with van der Waals surface area (Å²) >= 11 is 1.56. The number of carbonyl (C=O) groups is 1. The summed E-state index contributed by atoms with van der Waals surface area (Å²) in [5.74, 6) is -0.0126. The molecule has 36 heavy (non-hydrogen) atoms. The Morgan fingerprint density at radius 3 is 2.47 bits per heavy atom. The second-order valence-corrected chi connectivity index (χ2v) is 12.1. The number of carboxylic acid groups (broad SMARTS) is 1. The van der Waals surface area contributed by atoms with Gasteiger partial charge in [0, 0.05) is 17.5 Å². The third-order valence-corrected chi connectivity index (χ3v) is 10.00. The summed E-state index contributed by atoms with van der Waals surface area (Å²) in [7, 11) is -3.96. The van der Waals surface area contributed by atoms with Crippen LogP contribution in [0.3, 0.4) is 0 Å². The van der Waals surface area contributed by atoms with Crippen LogP contribution in [0.1, 0.15) is 29.2 Å². The van der Waals surface area contributed by atoms with E-state index in [2.05, 4.69) is 0 Å². The smallest absolute Gasteiger partial charge is 0.308 e. The van der Waals surface area contributed by atoms with Crippen LogP contribution in [0.15, 0.2) is 77.7 Å². The van der Waals surface area contributed by atoms with Gasteiger partial charge in [-0.3, -0.25) is 4.79 Å². The van der Waals surface area contributed by atoms with Crippen molar-refractivity contribution < 1.29 is 27.8 Å². The standard InChI is InChI=1S/C27H27NO6S2/c1-18-7-10-21(11-8-18)36(31,32)28-15-22(27(29)30)26(35-16-19-5-3-2-4-6-19)14-23(28)20-9-12-24-25(13-20)34-17-33-24/h2-13,22-23,26H,14-17H2,1H3,(H,29,30)/t22-,23+,26-/m1/s1. The monoisotopic (exact) mass is 525 g/mol. The van der Waals surface area contributed by atoms with Crippen molar-refractivity contribution >= 4 is 27.8 Å². The fraction of sp³-hybridized carbons (Fsp3) is 0.296. The van der Waals surface area contributed by atoms with Gasteiger partial charge < -0.3 is 14.6 Å². The number of aryl methyl sites for hydroxylation is 1. The van der Waals surface area contributed by atoms with Crippen molar-refractivity contribution in [3.63, 3.8) is 0 Å². The molecule has 2 aliphatic heterocycles. The van der Waals surface area contributed by atoms with Crippen LogP contribution in [-0.4, -0.2) is 42.4 Å². The van der Waals surface area contributed by atoms with Crippen LogP contribution in [0, 0.1) is 12.8 Å². The Morgan fingerprint density at radius 2 is 1.75 bits per heavy atom. The van der Waals surface area contributed by atoms with Gasteiger partial charge in [0.05, 0.1) is 16.9 Å². The highest BCUT2D eigenvalue weighted by Crippen LogP contribution is 2.45. The summed E-state index contributed by atoms with van der Waals surface area (Å²) in [6.07, 6.45) is 0.360. The van der Waals surface area contributed by atoms with Gasteiger partial charge in [0.25, 0.3) is 0 Å². The Morgan fingerprint density at radius 1 is 1.03 bits per heavy atom. The number of fused-ring (bicyclic) bond motifs is 1. The molecule has 0 aromatic heterocycles. The van der Waals surface area contributed by atoms with Gasteiger partial charge in [-0.05, 0) is 48.7 Å². The first kappa shape index (κ1) is 24.7. The SMILES string of the molecule is Cc1ccc(S(=O)(=O)N2C[C@@H](C(=O)O)[C@H](SCc3ccccc3)C[C@H]2c2ccc3c(c2)OCO3)cc1. The van der Waals surface area contributed by atoms with Crippen LogP contribution in [0.5, 0.6) is 11.5 Å². The molecule has 0 aliphatic carbocycles. The van der Waals surface area contributed by atoms with E-state index in [-0.39, 0.29) is 23.5 Å². The maximum Gasteiger partial charge on any atom is 0.308 e. The van der Waals surface area contributed by atoms with Gasteiger partial charge >= 0.3 is 5.97 Å². The van der Waals surface area contributed by atoms with E-state index in [1.807, 2.05) is 49.4 Å². The lowest BCUT2D eigenvalue weighted by molar-refractivity contribution is -0.143. The fourth-order valence-electron chi connectivity index (χ4n) is 4.67. The van der Waals surface area contributed by atoms with E-state index >= 15 is 0 Å². The quantitative estimate of drug-likeness (QED) is 0.471. The number of hydrogen-bond donors (Lipinski definition) is 1.